The Morgan fingerprint density at radius 2 is 2.00 bits per heavy atom. The van der Waals surface area contributed by atoms with E-state index in [1.807, 2.05) is 18.2 Å². The Kier molecular flexibility index (Phi) is 5.53. The Hall–Kier alpha value is -3.02. The van der Waals surface area contributed by atoms with Crippen LogP contribution in [0.1, 0.15) is 30.6 Å². The van der Waals surface area contributed by atoms with Gasteiger partial charge in [0.25, 0.3) is 5.91 Å². The molecule has 31 heavy (non-hydrogen) atoms. The number of nitrogens with one attached hydrogen (secondary N) is 1. The van der Waals surface area contributed by atoms with E-state index in [1.54, 1.807) is 12.1 Å². The lowest BCUT2D eigenvalue weighted by molar-refractivity contribution is -0.123. The summed E-state index contributed by atoms with van der Waals surface area (Å²) in [6, 6.07) is 12.4. The van der Waals surface area contributed by atoms with E-state index in [4.69, 9.17) is 9.15 Å². The predicted molar refractivity (Wildman–Crippen MR) is 118 cm³/mol. The van der Waals surface area contributed by atoms with Gasteiger partial charge in [-0.05, 0) is 74.1 Å². The average molecular weight is 423 g/mol. The van der Waals surface area contributed by atoms with Gasteiger partial charge in [0, 0.05) is 42.7 Å². The molecule has 162 valence electrons. The smallest absolute Gasteiger partial charge is 0.257 e. The summed E-state index contributed by atoms with van der Waals surface area (Å²) in [6.45, 7) is 2.39. The maximum absolute atomic E-state index is 13.1. The number of carbonyl (C=O) groups is 1. The summed E-state index contributed by atoms with van der Waals surface area (Å²) in [5.41, 5.74) is 3.22. The molecule has 1 saturated heterocycles. The molecule has 1 N–H and O–H groups in total. The molecule has 2 heterocycles. The molecule has 0 saturated carbocycles. The van der Waals surface area contributed by atoms with Gasteiger partial charge >= 0.3 is 0 Å². The van der Waals surface area contributed by atoms with Crippen LogP contribution in [0.2, 0.25) is 0 Å². The van der Waals surface area contributed by atoms with Crippen LogP contribution >= 0.6 is 0 Å². The second-order valence-corrected chi connectivity index (χ2v) is 8.54. The molecule has 0 spiro atoms. The van der Waals surface area contributed by atoms with Crippen LogP contribution in [0.5, 0.6) is 5.75 Å². The number of anilines is 1. The van der Waals surface area contributed by atoms with Gasteiger partial charge in [-0.3, -0.25) is 4.79 Å². The number of fused-ring (bicyclic) bond motifs is 3. The van der Waals surface area contributed by atoms with Gasteiger partial charge in [0.1, 0.15) is 22.9 Å². The quantitative estimate of drug-likeness (QED) is 0.637. The Labute approximate surface area is 181 Å². The number of carbonyl (C=O) groups excluding carboxylic acids is 1. The topological polar surface area (TPSA) is 54.7 Å². The number of amides is 1. The second kappa shape index (κ2) is 8.61. The number of ether oxygens (including phenoxy) is 1. The standard InChI is InChI=1S/C25H27FN2O3/c26-18-5-7-19(8-6-18)28-12-11-17(15-28)14-27-25(29)16-30-20-9-10-24-22(13-20)21-3-1-2-4-23(21)31-24/h5-10,13,17H,1-4,11-12,14-16H2,(H,27,29). The van der Waals surface area contributed by atoms with Crippen molar-refractivity contribution in [1.29, 1.82) is 0 Å². The molecule has 1 unspecified atom stereocenters. The van der Waals surface area contributed by atoms with Crippen LogP contribution in [-0.4, -0.2) is 32.1 Å². The van der Waals surface area contributed by atoms with Gasteiger partial charge < -0.3 is 19.4 Å². The third kappa shape index (κ3) is 4.38. The number of halogens is 1. The number of aryl methyl sites for hydroxylation is 2. The van der Waals surface area contributed by atoms with Gasteiger partial charge in [-0.25, -0.2) is 4.39 Å². The van der Waals surface area contributed by atoms with E-state index in [2.05, 4.69) is 10.2 Å². The third-order valence-electron chi connectivity index (χ3n) is 6.36. The predicted octanol–water partition coefficient (Wildman–Crippen LogP) is 4.47. The van der Waals surface area contributed by atoms with Gasteiger partial charge in [0.05, 0.1) is 0 Å². The first kappa shape index (κ1) is 19.9. The van der Waals surface area contributed by atoms with Crippen molar-refractivity contribution in [3.05, 3.63) is 59.6 Å². The molecule has 1 amide bonds. The second-order valence-electron chi connectivity index (χ2n) is 8.54. The summed E-state index contributed by atoms with van der Waals surface area (Å²) in [4.78, 5) is 14.5. The highest BCUT2D eigenvalue weighted by molar-refractivity contribution is 5.84. The molecule has 1 aliphatic carbocycles. The molecule has 1 aliphatic heterocycles. The van der Waals surface area contributed by atoms with Crippen molar-refractivity contribution >= 4 is 22.6 Å². The Bertz CT molecular complexity index is 1080. The molecular formula is C25H27FN2O3. The number of hydrogen-bond donors (Lipinski definition) is 1. The zero-order chi connectivity index (χ0) is 21.2. The number of hydrogen-bond acceptors (Lipinski definition) is 4. The van der Waals surface area contributed by atoms with E-state index < -0.39 is 0 Å². The molecule has 5 nitrogen and oxygen atoms in total. The van der Waals surface area contributed by atoms with Crippen molar-refractivity contribution < 1.29 is 18.3 Å². The first-order chi connectivity index (χ1) is 15.2. The van der Waals surface area contributed by atoms with Crippen molar-refractivity contribution in [2.45, 2.75) is 32.1 Å². The monoisotopic (exact) mass is 422 g/mol. The molecule has 3 aromatic rings. The minimum Gasteiger partial charge on any atom is -0.484 e. The fraction of sp³-hybridized carbons (Fsp3) is 0.400. The molecule has 1 aromatic heterocycles. The van der Waals surface area contributed by atoms with Gasteiger partial charge in [0.2, 0.25) is 0 Å². The molecule has 6 heteroatoms. The highest BCUT2D eigenvalue weighted by atomic mass is 19.1. The maximum Gasteiger partial charge on any atom is 0.257 e. The summed E-state index contributed by atoms with van der Waals surface area (Å²) in [6.07, 6.45) is 5.42. The third-order valence-corrected chi connectivity index (χ3v) is 6.36. The van der Waals surface area contributed by atoms with Crippen molar-refractivity contribution in [1.82, 2.24) is 5.32 Å². The van der Waals surface area contributed by atoms with Crippen LogP contribution in [0.4, 0.5) is 10.1 Å². The fourth-order valence-corrected chi connectivity index (χ4v) is 4.68. The Morgan fingerprint density at radius 3 is 2.87 bits per heavy atom. The van der Waals surface area contributed by atoms with E-state index in [9.17, 15) is 9.18 Å². The van der Waals surface area contributed by atoms with E-state index in [0.29, 0.717) is 18.2 Å². The summed E-state index contributed by atoms with van der Waals surface area (Å²) < 4.78 is 24.8. The fourth-order valence-electron chi connectivity index (χ4n) is 4.68. The maximum atomic E-state index is 13.1. The molecular weight excluding hydrogens is 395 g/mol. The van der Waals surface area contributed by atoms with Gasteiger partial charge in [-0.15, -0.1) is 0 Å². The van der Waals surface area contributed by atoms with Crippen LogP contribution in [0.3, 0.4) is 0 Å². The van der Waals surface area contributed by atoms with Crippen molar-refractivity contribution in [3.8, 4) is 5.75 Å². The lowest BCUT2D eigenvalue weighted by Crippen LogP contribution is -2.34. The molecule has 1 atom stereocenters. The Balaban J connectivity index is 1.11. The zero-order valence-electron chi connectivity index (χ0n) is 17.5. The lowest BCUT2D eigenvalue weighted by Gasteiger charge is -2.18. The first-order valence-electron chi connectivity index (χ1n) is 11.1. The average Bonchev–Trinajstić information content (AvgIpc) is 3.41. The molecule has 0 radical (unpaired) electrons. The van der Waals surface area contributed by atoms with Crippen LogP contribution in [-0.2, 0) is 17.6 Å². The van der Waals surface area contributed by atoms with Crippen LogP contribution in [0.25, 0.3) is 11.0 Å². The number of rotatable bonds is 6. The van der Waals surface area contributed by atoms with E-state index >= 15 is 0 Å². The summed E-state index contributed by atoms with van der Waals surface area (Å²) in [5.74, 6) is 1.83. The lowest BCUT2D eigenvalue weighted by atomic mass is 9.96. The number of benzene rings is 2. The first-order valence-corrected chi connectivity index (χ1v) is 11.1. The van der Waals surface area contributed by atoms with E-state index in [-0.39, 0.29) is 18.3 Å². The van der Waals surface area contributed by atoms with Crippen LogP contribution < -0.4 is 15.0 Å². The molecule has 0 bridgehead atoms. The molecule has 5 rings (SSSR count). The van der Waals surface area contributed by atoms with E-state index in [0.717, 1.165) is 54.8 Å². The van der Waals surface area contributed by atoms with Crippen molar-refractivity contribution in [2.24, 2.45) is 5.92 Å². The number of furan rings is 1. The molecule has 2 aliphatic rings. The molecule has 2 aromatic carbocycles. The highest BCUT2D eigenvalue weighted by Crippen LogP contribution is 2.34. The van der Waals surface area contributed by atoms with E-state index in [1.165, 1.54) is 30.5 Å². The largest absolute Gasteiger partial charge is 0.484 e. The summed E-state index contributed by atoms with van der Waals surface area (Å²) in [7, 11) is 0. The summed E-state index contributed by atoms with van der Waals surface area (Å²) in [5, 5.41) is 4.10. The summed E-state index contributed by atoms with van der Waals surface area (Å²) >= 11 is 0. The zero-order valence-corrected chi connectivity index (χ0v) is 17.5. The molecule has 1 fully saturated rings. The minimum atomic E-state index is -0.224. The van der Waals surface area contributed by atoms with Crippen molar-refractivity contribution in [2.75, 3.05) is 31.1 Å². The number of nitrogens with zero attached hydrogens (tertiary/aromatic N) is 1. The minimum absolute atomic E-state index is 0.0000546. The van der Waals surface area contributed by atoms with Crippen LogP contribution in [0, 0.1) is 11.7 Å². The highest BCUT2D eigenvalue weighted by Gasteiger charge is 2.23. The van der Waals surface area contributed by atoms with Gasteiger partial charge in [0.15, 0.2) is 6.61 Å². The van der Waals surface area contributed by atoms with Crippen molar-refractivity contribution in [3.63, 3.8) is 0 Å². The SMILES string of the molecule is O=C(COc1ccc2oc3c(c2c1)CCCC3)NCC1CCN(c2ccc(F)cc2)C1. The Morgan fingerprint density at radius 1 is 1.16 bits per heavy atom. The van der Waals surface area contributed by atoms with Gasteiger partial charge in [-0.2, -0.15) is 0 Å². The normalized spacial score (nSPS) is 18.2. The van der Waals surface area contributed by atoms with Crippen LogP contribution in [0.15, 0.2) is 46.9 Å². The van der Waals surface area contributed by atoms with Gasteiger partial charge in [-0.1, -0.05) is 0 Å².